The van der Waals surface area contributed by atoms with E-state index in [-0.39, 0.29) is 18.3 Å². The van der Waals surface area contributed by atoms with Crippen LogP contribution in [-0.4, -0.2) is 55.0 Å². The molecule has 9 heteroatoms. The van der Waals surface area contributed by atoms with Crippen LogP contribution >= 0.6 is 23.2 Å². The maximum atomic E-state index is 12.9. The molecule has 1 aliphatic rings. The van der Waals surface area contributed by atoms with Gasteiger partial charge in [-0.15, -0.1) is 0 Å². The van der Waals surface area contributed by atoms with Gasteiger partial charge in [0.2, 0.25) is 0 Å². The van der Waals surface area contributed by atoms with E-state index < -0.39 is 5.97 Å². The molecule has 1 amide bonds. The van der Waals surface area contributed by atoms with Crippen molar-refractivity contribution in [3.8, 4) is 5.75 Å². The molecule has 0 bridgehead atoms. The van der Waals surface area contributed by atoms with Crippen LogP contribution in [0.5, 0.6) is 5.75 Å². The van der Waals surface area contributed by atoms with Gasteiger partial charge in [0.1, 0.15) is 18.1 Å². The summed E-state index contributed by atoms with van der Waals surface area (Å²) >= 11 is 12.6. The Morgan fingerprint density at radius 2 is 1.62 bits per heavy atom. The van der Waals surface area contributed by atoms with Gasteiger partial charge in [0.15, 0.2) is 5.76 Å². The molecule has 7 nitrogen and oxygen atoms in total. The van der Waals surface area contributed by atoms with E-state index in [9.17, 15) is 9.59 Å². The van der Waals surface area contributed by atoms with E-state index >= 15 is 0 Å². The molecule has 0 N–H and O–H groups in total. The van der Waals surface area contributed by atoms with Crippen molar-refractivity contribution in [1.82, 2.24) is 9.80 Å². The Hall–Kier alpha value is -3.00. The molecule has 2 aromatic carbocycles. The number of carbonyl (C=O) groups excluding carboxylic acids is 2. The van der Waals surface area contributed by atoms with Crippen LogP contribution in [0.3, 0.4) is 0 Å². The zero-order valence-corrected chi connectivity index (χ0v) is 20.1. The summed E-state index contributed by atoms with van der Waals surface area (Å²) in [7, 11) is 1.33. The lowest BCUT2D eigenvalue weighted by Crippen LogP contribution is -2.48. The van der Waals surface area contributed by atoms with E-state index in [0.29, 0.717) is 59.8 Å². The Bertz CT molecular complexity index is 1130. The van der Waals surface area contributed by atoms with Gasteiger partial charge in [-0.1, -0.05) is 29.3 Å². The molecule has 0 saturated carbocycles. The lowest BCUT2D eigenvalue weighted by molar-refractivity contribution is 0.0590. The molecule has 178 valence electrons. The van der Waals surface area contributed by atoms with Crippen molar-refractivity contribution in [2.24, 2.45) is 0 Å². The van der Waals surface area contributed by atoms with E-state index in [1.165, 1.54) is 7.11 Å². The van der Waals surface area contributed by atoms with Crippen molar-refractivity contribution < 1.29 is 23.5 Å². The molecule has 4 rings (SSSR count). The number of ether oxygens (including phenoxy) is 2. The Kier molecular flexibility index (Phi) is 7.77. The number of methoxy groups -OCH3 is 1. The molecule has 2 heterocycles. The summed E-state index contributed by atoms with van der Waals surface area (Å²) < 4.78 is 16.1. The Morgan fingerprint density at radius 1 is 0.941 bits per heavy atom. The first-order chi connectivity index (χ1) is 16.4. The fourth-order valence-electron chi connectivity index (χ4n) is 3.70. The Labute approximate surface area is 207 Å². The molecule has 1 aromatic heterocycles. The van der Waals surface area contributed by atoms with Gasteiger partial charge in [-0.3, -0.25) is 9.69 Å². The number of amides is 1. The van der Waals surface area contributed by atoms with E-state index in [1.54, 1.807) is 41.3 Å². The van der Waals surface area contributed by atoms with Crippen LogP contribution in [-0.2, 0) is 17.9 Å². The van der Waals surface area contributed by atoms with Crippen molar-refractivity contribution in [3.05, 3.63) is 87.3 Å². The van der Waals surface area contributed by atoms with Gasteiger partial charge < -0.3 is 18.8 Å². The van der Waals surface area contributed by atoms with Gasteiger partial charge in [-0.25, -0.2) is 4.79 Å². The second kappa shape index (κ2) is 11.0. The second-order valence-corrected chi connectivity index (χ2v) is 8.65. The smallest absolute Gasteiger partial charge is 0.337 e. The van der Waals surface area contributed by atoms with Crippen LogP contribution < -0.4 is 4.74 Å². The molecule has 0 unspecified atom stereocenters. The maximum absolute atomic E-state index is 12.9. The number of halogens is 2. The predicted octanol–water partition coefficient (Wildman–Crippen LogP) is 4.91. The molecule has 1 fully saturated rings. The van der Waals surface area contributed by atoms with Gasteiger partial charge in [-0.05, 0) is 48.5 Å². The first-order valence-electron chi connectivity index (χ1n) is 10.8. The van der Waals surface area contributed by atoms with E-state index in [1.807, 2.05) is 18.2 Å². The van der Waals surface area contributed by atoms with Crippen molar-refractivity contribution in [2.45, 2.75) is 13.2 Å². The first-order valence-corrected chi connectivity index (χ1v) is 11.5. The van der Waals surface area contributed by atoms with Crippen LogP contribution in [0.25, 0.3) is 0 Å². The number of rotatable bonds is 7. The molecule has 0 spiro atoms. The highest BCUT2D eigenvalue weighted by molar-refractivity contribution is 6.35. The minimum Gasteiger partial charge on any atom is -0.486 e. The van der Waals surface area contributed by atoms with Crippen LogP contribution in [0.1, 0.15) is 32.2 Å². The zero-order valence-electron chi connectivity index (χ0n) is 18.6. The average Bonchev–Trinajstić information content (AvgIpc) is 3.34. The molecule has 3 aromatic rings. The van der Waals surface area contributed by atoms with E-state index in [4.69, 9.17) is 32.4 Å². The molecular weight excluding hydrogens is 479 g/mol. The predicted molar refractivity (Wildman–Crippen MR) is 128 cm³/mol. The van der Waals surface area contributed by atoms with Gasteiger partial charge in [0, 0.05) is 48.3 Å². The molecule has 34 heavy (non-hydrogen) atoms. The summed E-state index contributed by atoms with van der Waals surface area (Å²) in [6.45, 7) is 3.40. The zero-order chi connectivity index (χ0) is 24.1. The summed E-state index contributed by atoms with van der Waals surface area (Å²) in [6.07, 6.45) is 0. The molecule has 0 aliphatic carbocycles. The summed E-state index contributed by atoms with van der Waals surface area (Å²) in [4.78, 5) is 28.4. The van der Waals surface area contributed by atoms with Crippen molar-refractivity contribution in [3.63, 3.8) is 0 Å². The third-order valence-electron chi connectivity index (χ3n) is 5.63. The average molecular weight is 503 g/mol. The summed E-state index contributed by atoms with van der Waals surface area (Å²) in [5.74, 6) is 0.833. The third kappa shape index (κ3) is 5.73. The summed E-state index contributed by atoms with van der Waals surface area (Å²) in [6, 6.07) is 15.5. The van der Waals surface area contributed by atoms with Crippen LogP contribution in [0.4, 0.5) is 0 Å². The summed E-state index contributed by atoms with van der Waals surface area (Å²) in [5.41, 5.74) is 1.34. The number of benzene rings is 2. The largest absolute Gasteiger partial charge is 0.486 e. The quantitative estimate of drug-likeness (QED) is 0.427. The topological polar surface area (TPSA) is 72.2 Å². The van der Waals surface area contributed by atoms with Gasteiger partial charge in [0.05, 0.1) is 12.7 Å². The van der Waals surface area contributed by atoms with Crippen molar-refractivity contribution >= 4 is 35.1 Å². The number of nitrogens with zero attached hydrogens (tertiary/aromatic N) is 2. The number of carbonyl (C=O) groups is 2. The lowest BCUT2D eigenvalue weighted by atomic mass is 10.2. The number of esters is 1. The van der Waals surface area contributed by atoms with Crippen LogP contribution in [0.2, 0.25) is 10.0 Å². The number of hydrogen-bond acceptors (Lipinski definition) is 6. The normalized spacial score (nSPS) is 14.1. The highest BCUT2D eigenvalue weighted by Gasteiger charge is 2.25. The molecule has 0 atom stereocenters. The lowest BCUT2D eigenvalue weighted by Gasteiger charge is -2.34. The van der Waals surface area contributed by atoms with Crippen LogP contribution in [0, 0.1) is 0 Å². The van der Waals surface area contributed by atoms with Gasteiger partial charge in [0.25, 0.3) is 5.91 Å². The monoisotopic (exact) mass is 502 g/mol. The van der Waals surface area contributed by atoms with Gasteiger partial charge in [-0.2, -0.15) is 0 Å². The number of furan rings is 1. The van der Waals surface area contributed by atoms with E-state index in [2.05, 4.69) is 9.64 Å². The Balaban J connectivity index is 1.28. The molecular formula is C25H24Cl2N2O5. The van der Waals surface area contributed by atoms with Crippen molar-refractivity contribution in [1.29, 1.82) is 0 Å². The highest BCUT2D eigenvalue weighted by Crippen LogP contribution is 2.26. The van der Waals surface area contributed by atoms with E-state index in [0.717, 1.165) is 5.56 Å². The van der Waals surface area contributed by atoms with Crippen molar-refractivity contribution in [2.75, 3.05) is 33.3 Å². The standard InChI is InChI=1S/C25H24Cl2N2O5/c1-32-25(31)17-5-7-18(8-6-17)33-16-19-9-10-23(34-19)24(30)29-13-11-28(12-14-29)15-20-21(26)3-2-4-22(20)27/h2-10H,11-16H2,1H3. The Morgan fingerprint density at radius 3 is 2.26 bits per heavy atom. The maximum Gasteiger partial charge on any atom is 0.337 e. The molecule has 1 saturated heterocycles. The second-order valence-electron chi connectivity index (χ2n) is 7.84. The third-order valence-corrected chi connectivity index (χ3v) is 6.34. The molecule has 0 radical (unpaired) electrons. The van der Waals surface area contributed by atoms with Crippen LogP contribution in [0.15, 0.2) is 59.0 Å². The number of hydrogen-bond donors (Lipinski definition) is 0. The number of piperazine rings is 1. The summed E-state index contributed by atoms with van der Waals surface area (Å²) in [5, 5.41) is 1.30. The highest BCUT2D eigenvalue weighted by atomic mass is 35.5. The van der Waals surface area contributed by atoms with Gasteiger partial charge >= 0.3 is 5.97 Å². The fourth-order valence-corrected chi connectivity index (χ4v) is 4.22. The molecule has 1 aliphatic heterocycles. The minimum atomic E-state index is -0.408. The first kappa shape index (κ1) is 24.1. The fraction of sp³-hybridized carbons (Fsp3) is 0.280. The SMILES string of the molecule is COC(=O)c1ccc(OCc2ccc(C(=O)N3CCN(Cc4c(Cl)cccc4Cl)CC3)o2)cc1. The minimum absolute atomic E-state index is 0.149.